The Hall–Kier alpha value is -1.72. The summed E-state index contributed by atoms with van der Waals surface area (Å²) in [5, 5.41) is 3.93. The van der Waals surface area contributed by atoms with E-state index in [2.05, 4.69) is 41.5 Å². The number of benzene rings is 1. The number of nitrogens with one attached hydrogen (secondary N) is 1. The highest BCUT2D eigenvalue weighted by Crippen LogP contribution is 2.32. The summed E-state index contributed by atoms with van der Waals surface area (Å²) < 4.78 is 0. The highest BCUT2D eigenvalue weighted by atomic mass is 32.1. The van der Waals surface area contributed by atoms with Crippen molar-refractivity contribution in [2.75, 3.05) is 0 Å². The summed E-state index contributed by atoms with van der Waals surface area (Å²) in [5.74, 6) is -0.162. The maximum absolute atomic E-state index is 12.0. The van der Waals surface area contributed by atoms with Crippen LogP contribution in [0.1, 0.15) is 42.9 Å². The molecule has 0 bridgehead atoms. The summed E-state index contributed by atoms with van der Waals surface area (Å²) in [4.78, 5) is 17.7. The highest BCUT2D eigenvalue weighted by molar-refractivity contribution is 7.15. The predicted molar refractivity (Wildman–Crippen MR) is 91.8 cm³/mol. The van der Waals surface area contributed by atoms with E-state index in [0.29, 0.717) is 0 Å². The molecular formula is C17H23N3OS. The van der Waals surface area contributed by atoms with Gasteiger partial charge in [-0.15, -0.1) is 11.3 Å². The van der Waals surface area contributed by atoms with Crippen LogP contribution in [-0.4, -0.2) is 16.4 Å². The molecule has 0 saturated heterocycles. The molecule has 118 valence electrons. The van der Waals surface area contributed by atoms with Crippen molar-refractivity contribution in [2.24, 2.45) is 5.73 Å². The number of aromatic nitrogens is 1. The standard InChI is InChI=1S/C17H23N3OS/c1-10-6-8-13(9-7-10)15-19-11(2)14(22-15)12(3)20-16(21)17(4,5)18/h6-9,12H,18H2,1-5H3,(H,20,21). The van der Waals surface area contributed by atoms with E-state index < -0.39 is 5.54 Å². The first-order valence-corrected chi connectivity index (χ1v) is 8.14. The number of nitrogens with zero attached hydrogens (tertiary/aromatic N) is 1. The van der Waals surface area contributed by atoms with E-state index in [9.17, 15) is 4.79 Å². The van der Waals surface area contributed by atoms with Crippen molar-refractivity contribution < 1.29 is 4.79 Å². The monoisotopic (exact) mass is 317 g/mol. The maximum Gasteiger partial charge on any atom is 0.240 e. The third kappa shape index (κ3) is 3.72. The van der Waals surface area contributed by atoms with Gasteiger partial charge in [-0.3, -0.25) is 4.79 Å². The zero-order chi connectivity index (χ0) is 16.5. The van der Waals surface area contributed by atoms with Gasteiger partial charge in [0.2, 0.25) is 5.91 Å². The van der Waals surface area contributed by atoms with Gasteiger partial charge in [0.25, 0.3) is 0 Å². The molecular weight excluding hydrogens is 294 g/mol. The fraction of sp³-hybridized carbons (Fsp3) is 0.412. The zero-order valence-electron chi connectivity index (χ0n) is 13.7. The van der Waals surface area contributed by atoms with Crippen molar-refractivity contribution in [3.63, 3.8) is 0 Å². The smallest absolute Gasteiger partial charge is 0.240 e. The molecule has 5 heteroatoms. The summed E-state index contributed by atoms with van der Waals surface area (Å²) in [5.41, 5.74) is 8.22. The van der Waals surface area contributed by atoms with Crippen molar-refractivity contribution in [1.82, 2.24) is 10.3 Å². The molecule has 22 heavy (non-hydrogen) atoms. The Balaban J connectivity index is 2.22. The average molecular weight is 317 g/mol. The second-order valence-corrected chi connectivity index (χ2v) is 7.28. The summed E-state index contributed by atoms with van der Waals surface area (Å²) in [6.07, 6.45) is 0. The minimum Gasteiger partial charge on any atom is -0.347 e. The second-order valence-electron chi connectivity index (χ2n) is 6.25. The van der Waals surface area contributed by atoms with Gasteiger partial charge in [0, 0.05) is 5.56 Å². The van der Waals surface area contributed by atoms with E-state index in [4.69, 9.17) is 5.73 Å². The predicted octanol–water partition coefficient (Wildman–Crippen LogP) is 3.34. The van der Waals surface area contributed by atoms with Gasteiger partial charge < -0.3 is 11.1 Å². The SMILES string of the molecule is Cc1ccc(-c2nc(C)c(C(C)NC(=O)C(C)(C)N)s2)cc1. The fourth-order valence-electron chi connectivity index (χ4n) is 2.08. The Bertz CT molecular complexity index is 668. The molecule has 1 unspecified atom stereocenters. The highest BCUT2D eigenvalue weighted by Gasteiger charge is 2.25. The molecule has 0 aliphatic rings. The Kier molecular flexibility index (Phi) is 4.68. The van der Waals surface area contributed by atoms with E-state index in [1.807, 2.05) is 13.8 Å². The van der Waals surface area contributed by atoms with Gasteiger partial charge in [-0.1, -0.05) is 29.8 Å². The molecule has 1 amide bonds. The number of thiazole rings is 1. The van der Waals surface area contributed by atoms with Gasteiger partial charge in [0.05, 0.1) is 22.2 Å². The van der Waals surface area contributed by atoms with Crippen LogP contribution in [0.25, 0.3) is 10.6 Å². The summed E-state index contributed by atoms with van der Waals surface area (Å²) in [7, 11) is 0. The van der Waals surface area contributed by atoms with Crippen molar-refractivity contribution in [2.45, 2.75) is 46.2 Å². The number of carbonyl (C=O) groups is 1. The minimum atomic E-state index is -0.882. The van der Waals surface area contributed by atoms with E-state index >= 15 is 0 Å². The molecule has 2 rings (SSSR count). The molecule has 0 aliphatic carbocycles. The lowest BCUT2D eigenvalue weighted by molar-refractivity contribution is -0.125. The minimum absolute atomic E-state index is 0.105. The molecule has 0 fully saturated rings. The Labute approximate surface area is 135 Å². The van der Waals surface area contributed by atoms with E-state index in [1.165, 1.54) is 5.56 Å². The summed E-state index contributed by atoms with van der Waals surface area (Å²) in [6.45, 7) is 9.40. The van der Waals surface area contributed by atoms with Crippen molar-refractivity contribution in [1.29, 1.82) is 0 Å². The number of aryl methyl sites for hydroxylation is 2. The van der Waals surface area contributed by atoms with Gasteiger partial charge in [0.15, 0.2) is 0 Å². The number of rotatable bonds is 4. The Morgan fingerprint density at radius 3 is 2.41 bits per heavy atom. The van der Waals surface area contributed by atoms with Gasteiger partial charge in [-0.05, 0) is 34.6 Å². The molecule has 0 saturated carbocycles. The molecule has 0 aliphatic heterocycles. The van der Waals surface area contributed by atoms with Gasteiger partial charge in [-0.2, -0.15) is 0 Å². The number of carbonyl (C=O) groups excluding carboxylic acids is 1. The first kappa shape index (κ1) is 16.6. The summed E-state index contributed by atoms with van der Waals surface area (Å²) >= 11 is 1.61. The number of nitrogens with two attached hydrogens (primary N) is 1. The Morgan fingerprint density at radius 1 is 1.27 bits per heavy atom. The molecule has 3 N–H and O–H groups in total. The first-order valence-electron chi connectivity index (χ1n) is 7.32. The van der Waals surface area contributed by atoms with E-state index in [-0.39, 0.29) is 11.9 Å². The lowest BCUT2D eigenvalue weighted by Gasteiger charge is -2.21. The molecule has 1 aromatic heterocycles. The second kappa shape index (κ2) is 6.18. The van der Waals surface area contributed by atoms with Crippen LogP contribution in [0.5, 0.6) is 0 Å². The fourth-order valence-corrected chi connectivity index (χ4v) is 3.15. The molecule has 1 atom stereocenters. The van der Waals surface area contributed by atoms with Gasteiger partial charge in [-0.25, -0.2) is 4.98 Å². The van der Waals surface area contributed by atoms with Crippen LogP contribution in [0.2, 0.25) is 0 Å². The summed E-state index contributed by atoms with van der Waals surface area (Å²) in [6, 6.07) is 8.20. The van der Waals surface area contributed by atoms with Crippen LogP contribution < -0.4 is 11.1 Å². The van der Waals surface area contributed by atoms with Crippen LogP contribution in [0.3, 0.4) is 0 Å². The molecule has 1 heterocycles. The van der Waals surface area contributed by atoms with Crippen LogP contribution >= 0.6 is 11.3 Å². The third-order valence-electron chi connectivity index (χ3n) is 3.46. The topological polar surface area (TPSA) is 68.0 Å². The average Bonchev–Trinajstić information content (AvgIpc) is 2.80. The molecule has 4 nitrogen and oxygen atoms in total. The van der Waals surface area contributed by atoms with Crippen LogP contribution in [0.15, 0.2) is 24.3 Å². The molecule has 0 radical (unpaired) electrons. The maximum atomic E-state index is 12.0. The van der Waals surface area contributed by atoms with Crippen LogP contribution in [-0.2, 0) is 4.79 Å². The number of hydrogen-bond donors (Lipinski definition) is 2. The van der Waals surface area contributed by atoms with Crippen molar-refractivity contribution in [3.05, 3.63) is 40.4 Å². The van der Waals surface area contributed by atoms with Crippen LogP contribution in [0.4, 0.5) is 0 Å². The van der Waals surface area contributed by atoms with Crippen molar-refractivity contribution >= 4 is 17.2 Å². The Morgan fingerprint density at radius 2 is 1.86 bits per heavy atom. The normalized spacial score (nSPS) is 13.0. The largest absolute Gasteiger partial charge is 0.347 e. The quantitative estimate of drug-likeness (QED) is 0.908. The molecule has 1 aromatic carbocycles. The van der Waals surface area contributed by atoms with Gasteiger partial charge in [0.1, 0.15) is 5.01 Å². The van der Waals surface area contributed by atoms with E-state index in [0.717, 1.165) is 21.1 Å². The molecule has 0 spiro atoms. The third-order valence-corrected chi connectivity index (χ3v) is 4.85. The number of hydrogen-bond acceptors (Lipinski definition) is 4. The zero-order valence-corrected chi connectivity index (χ0v) is 14.5. The first-order chi connectivity index (χ1) is 10.2. The van der Waals surface area contributed by atoms with Gasteiger partial charge >= 0.3 is 0 Å². The number of amides is 1. The molecule has 2 aromatic rings. The lowest BCUT2D eigenvalue weighted by Crippen LogP contribution is -2.49. The van der Waals surface area contributed by atoms with E-state index in [1.54, 1.807) is 25.2 Å². The van der Waals surface area contributed by atoms with Crippen molar-refractivity contribution in [3.8, 4) is 10.6 Å². The van der Waals surface area contributed by atoms with Crippen LogP contribution in [0, 0.1) is 13.8 Å². The lowest BCUT2D eigenvalue weighted by atomic mass is 10.1.